The predicted octanol–water partition coefficient (Wildman–Crippen LogP) is 4.77. The van der Waals surface area contributed by atoms with Gasteiger partial charge in [0.15, 0.2) is 11.5 Å². The smallest absolute Gasteiger partial charge is 0.253 e. The van der Waals surface area contributed by atoms with E-state index in [1.165, 1.54) is 11.8 Å². The quantitative estimate of drug-likeness (QED) is 0.370. The minimum atomic E-state index is -0.289. The number of hydrazone groups is 1. The Balaban J connectivity index is 1.94. The number of nitrogens with one attached hydrogen (secondary N) is 1. The Hall–Kier alpha value is -2.18. The van der Waals surface area contributed by atoms with Crippen LogP contribution in [-0.4, -0.2) is 30.6 Å². The molecule has 1 amide bonds. The number of amides is 1. The van der Waals surface area contributed by atoms with Crippen LogP contribution in [0.2, 0.25) is 5.02 Å². The van der Waals surface area contributed by atoms with E-state index in [2.05, 4.69) is 10.5 Å². The van der Waals surface area contributed by atoms with Crippen molar-refractivity contribution in [1.29, 1.82) is 0 Å². The largest absolute Gasteiger partial charge is 0.490 e. The molecule has 0 unspecified atom stereocenters. The van der Waals surface area contributed by atoms with Crippen LogP contribution in [0.15, 0.2) is 52.5 Å². The molecule has 0 spiro atoms. The van der Waals surface area contributed by atoms with E-state index < -0.39 is 0 Å². The number of carbonyl (C=O) groups is 1. The SMILES string of the molecule is CCOc1ccc(/C=N\NC(=O)[C@@H](C)Sc2ccc(Cl)cc2)cc1OCC. The Morgan fingerprint density at radius 2 is 1.81 bits per heavy atom. The molecule has 144 valence electrons. The van der Waals surface area contributed by atoms with Gasteiger partial charge < -0.3 is 9.47 Å². The molecular formula is C20H23ClN2O3S. The maximum atomic E-state index is 12.2. The fourth-order valence-electron chi connectivity index (χ4n) is 2.18. The van der Waals surface area contributed by atoms with Crippen LogP contribution in [0, 0.1) is 0 Å². The van der Waals surface area contributed by atoms with Crippen LogP contribution in [0.1, 0.15) is 26.3 Å². The third-order valence-corrected chi connectivity index (χ3v) is 4.82. The van der Waals surface area contributed by atoms with Crippen LogP contribution in [0.25, 0.3) is 0 Å². The van der Waals surface area contributed by atoms with E-state index in [0.29, 0.717) is 29.7 Å². The molecular weight excluding hydrogens is 384 g/mol. The van der Waals surface area contributed by atoms with E-state index in [0.717, 1.165) is 10.5 Å². The Labute approximate surface area is 169 Å². The summed E-state index contributed by atoms with van der Waals surface area (Å²) in [6, 6.07) is 12.9. The Morgan fingerprint density at radius 3 is 2.48 bits per heavy atom. The molecule has 0 aliphatic heterocycles. The minimum absolute atomic E-state index is 0.179. The first-order chi connectivity index (χ1) is 13.0. The van der Waals surface area contributed by atoms with Crippen molar-refractivity contribution in [3.05, 3.63) is 53.1 Å². The first-order valence-corrected chi connectivity index (χ1v) is 9.94. The zero-order valence-corrected chi connectivity index (χ0v) is 17.1. The number of nitrogens with zero attached hydrogens (tertiary/aromatic N) is 1. The third kappa shape index (κ3) is 6.81. The summed E-state index contributed by atoms with van der Waals surface area (Å²) in [6.45, 7) is 6.76. The fourth-order valence-corrected chi connectivity index (χ4v) is 3.17. The number of hydrogen-bond donors (Lipinski definition) is 1. The molecule has 0 aliphatic rings. The first-order valence-electron chi connectivity index (χ1n) is 8.68. The summed E-state index contributed by atoms with van der Waals surface area (Å²) in [5.41, 5.74) is 3.37. The van der Waals surface area contributed by atoms with Crippen molar-refractivity contribution in [3.8, 4) is 11.5 Å². The topological polar surface area (TPSA) is 59.9 Å². The number of rotatable bonds is 9. The van der Waals surface area contributed by atoms with Crippen molar-refractivity contribution in [2.45, 2.75) is 30.9 Å². The van der Waals surface area contributed by atoms with Crippen LogP contribution in [0.3, 0.4) is 0 Å². The normalized spacial score (nSPS) is 12.0. The third-order valence-electron chi connectivity index (χ3n) is 3.45. The van der Waals surface area contributed by atoms with Crippen molar-refractivity contribution in [3.63, 3.8) is 0 Å². The van der Waals surface area contributed by atoms with E-state index >= 15 is 0 Å². The van der Waals surface area contributed by atoms with Gasteiger partial charge >= 0.3 is 0 Å². The second kappa shape index (κ2) is 10.8. The van der Waals surface area contributed by atoms with Crippen molar-refractivity contribution in [2.75, 3.05) is 13.2 Å². The number of carbonyl (C=O) groups excluding carboxylic acids is 1. The van der Waals surface area contributed by atoms with Crippen molar-refractivity contribution in [1.82, 2.24) is 5.43 Å². The number of ether oxygens (including phenoxy) is 2. The molecule has 27 heavy (non-hydrogen) atoms. The maximum absolute atomic E-state index is 12.2. The van der Waals surface area contributed by atoms with E-state index in [9.17, 15) is 4.79 Å². The van der Waals surface area contributed by atoms with Crippen LogP contribution < -0.4 is 14.9 Å². The van der Waals surface area contributed by atoms with Gasteiger partial charge in [-0.05, 0) is 68.8 Å². The Kier molecular flexibility index (Phi) is 8.48. The molecule has 0 bridgehead atoms. The molecule has 2 rings (SSSR count). The van der Waals surface area contributed by atoms with Gasteiger partial charge in [-0.2, -0.15) is 5.10 Å². The lowest BCUT2D eigenvalue weighted by Gasteiger charge is -2.11. The molecule has 0 heterocycles. The number of halogens is 1. The lowest BCUT2D eigenvalue weighted by atomic mass is 10.2. The predicted molar refractivity (Wildman–Crippen MR) is 111 cm³/mol. The summed E-state index contributed by atoms with van der Waals surface area (Å²) >= 11 is 7.31. The molecule has 0 saturated heterocycles. The van der Waals surface area contributed by atoms with E-state index in [-0.39, 0.29) is 11.2 Å². The minimum Gasteiger partial charge on any atom is -0.490 e. The monoisotopic (exact) mass is 406 g/mol. The summed E-state index contributed by atoms with van der Waals surface area (Å²) in [7, 11) is 0. The standard InChI is InChI=1S/C20H23ClN2O3S/c1-4-25-18-11-6-15(12-19(18)26-5-2)13-22-23-20(24)14(3)27-17-9-7-16(21)8-10-17/h6-14H,4-5H2,1-3H3,(H,23,24)/b22-13-/t14-/m1/s1. The highest BCUT2D eigenvalue weighted by molar-refractivity contribution is 8.00. The van der Waals surface area contributed by atoms with Gasteiger partial charge in [0.05, 0.1) is 24.7 Å². The van der Waals surface area contributed by atoms with Gasteiger partial charge in [-0.3, -0.25) is 4.79 Å². The lowest BCUT2D eigenvalue weighted by Crippen LogP contribution is -2.26. The molecule has 0 aliphatic carbocycles. The number of hydrogen-bond acceptors (Lipinski definition) is 5. The van der Waals surface area contributed by atoms with Crippen molar-refractivity contribution in [2.24, 2.45) is 5.10 Å². The Morgan fingerprint density at radius 1 is 1.15 bits per heavy atom. The molecule has 2 aromatic rings. The van der Waals surface area contributed by atoms with Gasteiger partial charge in [-0.1, -0.05) is 11.6 Å². The molecule has 0 radical (unpaired) electrons. The number of thioether (sulfide) groups is 1. The van der Waals surface area contributed by atoms with Gasteiger partial charge in [0, 0.05) is 9.92 Å². The molecule has 1 atom stereocenters. The maximum Gasteiger partial charge on any atom is 0.253 e. The summed E-state index contributed by atoms with van der Waals surface area (Å²) in [6.07, 6.45) is 1.58. The van der Waals surface area contributed by atoms with Crippen LogP contribution in [-0.2, 0) is 4.79 Å². The summed E-state index contributed by atoms with van der Waals surface area (Å²) in [5, 5.41) is 4.42. The van der Waals surface area contributed by atoms with Crippen LogP contribution >= 0.6 is 23.4 Å². The highest BCUT2D eigenvalue weighted by Gasteiger charge is 2.13. The molecule has 0 aromatic heterocycles. The summed E-state index contributed by atoms with van der Waals surface area (Å²) in [5.74, 6) is 1.16. The van der Waals surface area contributed by atoms with Gasteiger partial charge in [0.2, 0.25) is 0 Å². The van der Waals surface area contributed by atoms with Crippen molar-refractivity contribution >= 4 is 35.5 Å². The summed E-state index contributed by atoms with van der Waals surface area (Å²) in [4.78, 5) is 13.2. The van der Waals surface area contributed by atoms with Gasteiger partial charge in [-0.25, -0.2) is 5.43 Å². The zero-order chi connectivity index (χ0) is 19.6. The Bertz CT molecular complexity index is 781. The van der Waals surface area contributed by atoms with Crippen LogP contribution in [0.5, 0.6) is 11.5 Å². The van der Waals surface area contributed by atoms with Gasteiger partial charge in [0.25, 0.3) is 5.91 Å². The van der Waals surface area contributed by atoms with E-state index in [1.807, 2.05) is 51.1 Å². The molecule has 5 nitrogen and oxygen atoms in total. The molecule has 0 fully saturated rings. The average Bonchev–Trinajstić information content (AvgIpc) is 2.66. The van der Waals surface area contributed by atoms with Crippen molar-refractivity contribution < 1.29 is 14.3 Å². The second-order valence-electron chi connectivity index (χ2n) is 5.52. The van der Waals surface area contributed by atoms with Gasteiger partial charge in [-0.15, -0.1) is 11.8 Å². The fraction of sp³-hybridized carbons (Fsp3) is 0.300. The number of benzene rings is 2. The first kappa shape index (κ1) is 21.1. The highest BCUT2D eigenvalue weighted by atomic mass is 35.5. The van der Waals surface area contributed by atoms with E-state index in [4.69, 9.17) is 21.1 Å². The van der Waals surface area contributed by atoms with Gasteiger partial charge in [0.1, 0.15) is 0 Å². The summed E-state index contributed by atoms with van der Waals surface area (Å²) < 4.78 is 11.1. The molecule has 7 heteroatoms. The van der Waals surface area contributed by atoms with E-state index in [1.54, 1.807) is 18.3 Å². The average molecular weight is 407 g/mol. The lowest BCUT2D eigenvalue weighted by molar-refractivity contribution is -0.120. The molecule has 2 aromatic carbocycles. The second-order valence-corrected chi connectivity index (χ2v) is 7.37. The molecule has 0 saturated carbocycles. The van der Waals surface area contributed by atoms with Crippen LogP contribution in [0.4, 0.5) is 0 Å². The zero-order valence-electron chi connectivity index (χ0n) is 15.6. The molecule has 1 N–H and O–H groups in total. The highest BCUT2D eigenvalue weighted by Crippen LogP contribution is 2.28.